The van der Waals surface area contributed by atoms with Crippen molar-refractivity contribution < 1.29 is 14.3 Å². The Labute approximate surface area is 149 Å². The lowest BCUT2D eigenvalue weighted by Gasteiger charge is -2.15. The van der Waals surface area contributed by atoms with Gasteiger partial charge in [-0.05, 0) is 23.8 Å². The molecule has 0 saturated heterocycles. The third kappa shape index (κ3) is 3.39. The molecular weight excluding hydrogens is 338 g/mol. The molecule has 0 fully saturated rings. The molecule has 3 rings (SSSR count). The summed E-state index contributed by atoms with van der Waals surface area (Å²) in [5, 5.41) is 0. The highest BCUT2D eigenvalue weighted by molar-refractivity contribution is 5.91. The number of likely N-dealkylation sites (N-methyl/N-ethyl adjacent to an activating group) is 1. The summed E-state index contributed by atoms with van der Waals surface area (Å²) in [5.41, 5.74) is 0.296. The topological polar surface area (TPSA) is 82.8 Å². The minimum absolute atomic E-state index is 0.199. The first-order valence-corrected chi connectivity index (χ1v) is 7.95. The van der Waals surface area contributed by atoms with Crippen LogP contribution in [0.1, 0.15) is 11.1 Å². The molecule has 26 heavy (non-hydrogen) atoms. The van der Waals surface area contributed by atoms with Crippen LogP contribution in [0.5, 0.6) is 11.5 Å². The quantitative estimate of drug-likeness (QED) is 0.744. The first-order chi connectivity index (χ1) is 12.4. The molecule has 0 saturated carbocycles. The Morgan fingerprint density at radius 1 is 1.23 bits per heavy atom. The molecular formula is C18H19N3O5. The van der Waals surface area contributed by atoms with Crippen LogP contribution in [0.3, 0.4) is 0 Å². The van der Waals surface area contributed by atoms with Gasteiger partial charge in [-0.15, -0.1) is 0 Å². The lowest BCUT2D eigenvalue weighted by atomic mass is 10.2. The van der Waals surface area contributed by atoms with E-state index >= 15 is 0 Å². The van der Waals surface area contributed by atoms with Crippen LogP contribution in [-0.4, -0.2) is 33.8 Å². The average molecular weight is 357 g/mol. The number of ether oxygens (including phenoxy) is 2. The summed E-state index contributed by atoms with van der Waals surface area (Å²) < 4.78 is 12.9. The first kappa shape index (κ1) is 17.5. The predicted octanol–water partition coefficient (Wildman–Crippen LogP) is 0.484. The molecule has 1 amide bonds. The number of amides is 1. The van der Waals surface area contributed by atoms with Crippen molar-refractivity contribution in [1.29, 1.82) is 0 Å². The van der Waals surface area contributed by atoms with Crippen molar-refractivity contribution in [3.8, 4) is 11.5 Å². The van der Waals surface area contributed by atoms with E-state index in [2.05, 4.69) is 0 Å². The standard InChI is InChI=1S/C18H19N3O5/c1-19(9-12-4-6-14-15(8-12)26-11-25-14)16(22)7-5-13-10-20(2)18(24)21(3)17(13)23/h4-8,10H,9,11H2,1-3H3/b7-5+. The highest BCUT2D eigenvalue weighted by Crippen LogP contribution is 2.32. The molecule has 0 aliphatic carbocycles. The molecule has 0 bridgehead atoms. The van der Waals surface area contributed by atoms with E-state index < -0.39 is 11.2 Å². The van der Waals surface area contributed by atoms with E-state index in [0.29, 0.717) is 18.0 Å². The Hall–Kier alpha value is -3.29. The van der Waals surface area contributed by atoms with Crippen molar-refractivity contribution in [1.82, 2.24) is 14.0 Å². The minimum Gasteiger partial charge on any atom is -0.454 e. The number of nitrogens with zero attached hydrogens (tertiary/aromatic N) is 3. The maximum atomic E-state index is 12.3. The lowest BCUT2D eigenvalue weighted by molar-refractivity contribution is -0.125. The number of hydrogen-bond acceptors (Lipinski definition) is 5. The summed E-state index contributed by atoms with van der Waals surface area (Å²) in [7, 11) is 4.61. The van der Waals surface area contributed by atoms with Crippen molar-refractivity contribution in [3.63, 3.8) is 0 Å². The Morgan fingerprint density at radius 3 is 2.73 bits per heavy atom. The highest BCUT2D eigenvalue weighted by atomic mass is 16.7. The summed E-state index contributed by atoms with van der Waals surface area (Å²) in [5.74, 6) is 1.08. The fourth-order valence-corrected chi connectivity index (χ4v) is 2.63. The molecule has 136 valence electrons. The number of fused-ring (bicyclic) bond motifs is 1. The number of carbonyl (C=O) groups is 1. The van der Waals surface area contributed by atoms with E-state index in [0.717, 1.165) is 10.1 Å². The van der Waals surface area contributed by atoms with Crippen LogP contribution >= 0.6 is 0 Å². The van der Waals surface area contributed by atoms with Crippen molar-refractivity contribution in [2.24, 2.45) is 14.1 Å². The predicted molar refractivity (Wildman–Crippen MR) is 95.0 cm³/mol. The maximum absolute atomic E-state index is 12.3. The Morgan fingerprint density at radius 2 is 1.96 bits per heavy atom. The van der Waals surface area contributed by atoms with E-state index in [4.69, 9.17) is 9.47 Å². The van der Waals surface area contributed by atoms with Gasteiger partial charge in [-0.25, -0.2) is 4.79 Å². The Kier molecular flexibility index (Phi) is 4.66. The van der Waals surface area contributed by atoms with Crippen LogP contribution in [0.4, 0.5) is 0 Å². The fraction of sp³-hybridized carbons (Fsp3) is 0.278. The van der Waals surface area contributed by atoms with E-state index in [9.17, 15) is 14.4 Å². The van der Waals surface area contributed by atoms with Crippen LogP contribution in [0.25, 0.3) is 6.08 Å². The Bertz CT molecular complexity index is 1000. The number of carbonyl (C=O) groups excluding carboxylic acids is 1. The van der Waals surface area contributed by atoms with E-state index in [-0.39, 0.29) is 18.3 Å². The van der Waals surface area contributed by atoms with Gasteiger partial charge in [0.15, 0.2) is 11.5 Å². The van der Waals surface area contributed by atoms with E-state index in [1.54, 1.807) is 20.2 Å². The second kappa shape index (κ2) is 6.91. The average Bonchev–Trinajstić information content (AvgIpc) is 3.09. The zero-order valence-electron chi connectivity index (χ0n) is 14.8. The fourth-order valence-electron chi connectivity index (χ4n) is 2.63. The second-order valence-corrected chi connectivity index (χ2v) is 6.06. The zero-order valence-corrected chi connectivity index (χ0v) is 14.8. The molecule has 1 aromatic carbocycles. The van der Waals surface area contributed by atoms with Crippen molar-refractivity contribution in [3.05, 3.63) is 62.4 Å². The molecule has 1 aliphatic rings. The molecule has 1 aliphatic heterocycles. The molecule has 0 unspecified atom stereocenters. The minimum atomic E-state index is -0.449. The number of aryl methyl sites for hydroxylation is 1. The van der Waals surface area contributed by atoms with Crippen LogP contribution < -0.4 is 20.7 Å². The molecule has 8 nitrogen and oxygen atoms in total. The Balaban J connectivity index is 1.72. The second-order valence-electron chi connectivity index (χ2n) is 6.06. The van der Waals surface area contributed by atoms with Crippen molar-refractivity contribution in [2.45, 2.75) is 6.54 Å². The number of hydrogen-bond donors (Lipinski definition) is 0. The van der Waals surface area contributed by atoms with Gasteiger partial charge in [-0.2, -0.15) is 0 Å². The van der Waals surface area contributed by atoms with Gasteiger partial charge in [0.25, 0.3) is 5.56 Å². The van der Waals surface area contributed by atoms with Gasteiger partial charge in [-0.1, -0.05) is 6.07 Å². The largest absolute Gasteiger partial charge is 0.454 e. The van der Waals surface area contributed by atoms with Crippen molar-refractivity contribution in [2.75, 3.05) is 13.8 Å². The lowest BCUT2D eigenvalue weighted by Crippen LogP contribution is -2.37. The number of benzene rings is 1. The van der Waals surface area contributed by atoms with Gasteiger partial charge < -0.3 is 18.9 Å². The van der Waals surface area contributed by atoms with Gasteiger partial charge in [-0.3, -0.25) is 14.2 Å². The number of aromatic nitrogens is 2. The molecule has 0 N–H and O–H groups in total. The maximum Gasteiger partial charge on any atom is 0.330 e. The third-order valence-electron chi connectivity index (χ3n) is 4.11. The smallest absolute Gasteiger partial charge is 0.330 e. The van der Waals surface area contributed by atoms with Crippen LogP contribution in [0.2, 0.25) is 0 Å². The van der Waals surface area contributed by atoms with Crippen LogP contribution in [0, 0.1) is 0 Å². The molecule has 8 heteroatoms. The molecule has 0 radical (unpaired) electrons. The monoisotopic (exact) mass is 357 g/mol. The van der Waals surface area contributed by atoms with Gasteiger partial charge in [0.2, 0.25) is 12.7 Å². The summed E-state index contributed by atoms with van der Waals surface area (Å²) in [6.45, 7) is 0.579. The van der Waals surface area contributed by atoms with E-state index in [1.165, 1.54) is 34.9 Å². The summed E-state index contributed by atoms with van der Waals surface area (Å²) in [6, 6.07) is 5.50. The number of rotatable bonds is 4. The van der Waals surface area contributed by atoms with Crippen molar-refractivity contribution >= 4 is 12.0 Å². The molecule has 0 atom stereocenters. The summed E-state index contributed by atoms with van der Waals surface area (Å²) >= 11 is 0. The van der Waals surface area contributed by atoms with Gasteiger partial charge in [0.1, 0.15) is 0 Å². The molecule has 1 aromatic heterocycles. The molecule has 2 heterocycles. The highest BCUT2D eigenvalue weighted by Gasteiger charge is 2.14. The normalized spacial score (nSPS) is 12.6. The van der Waals surface area contributed by atoms with Gasteiger partial charge >= 0.3 is 5.69 Å². The third-order valence-corrected chi connectivity index (χ3v) is 4.11. The zero-order chi connectivity index (χ0) is 18.8. The van der Waals surface area contributed by atoms with Crippen LogP contribution in [0.15, 0.2) is 40.1 Å². The molecule has 2 aromatic rings. The summed E-state index contributed by atoms with van der Waals surface area (Å²) in [6.07, 6.45) is 4.14. The first-order valence-electron chi connectivity index (χ1n) is 7.95. The SMILES string of the molecule is CN(Cc1ccc2c(c1)OCO2)C(=O)/C=C/c1cn(C)c(=O)n(C)c1=O. The van der Waals surface area contributed by atoms with Gasteiger partial charge in [0.05, 0.1) is 5.56 Å². The van der Waals surface area contributed by atoms with Gasteiger partial charge in [0, 0.05) is 40.0 Å². The van der Waals surface area contributed by atoms with Crippen LogP contribution in [-0.2, 0) is 25.4 Å². The van der Waals surface area contributed by atoms with E-state index in [1.807, 2.05) is 12.1 Å². The molecule has 0 spiro atoms. The summed E-state index contributed by atoms with van der Waals surface area (Å²) in [4.78, 5) is 37.6.